The summed E-state index contributed by atoms with van der Waals surface area (Å²) in [6.45, 7) is 0. The first-order chi connectivity index (χ1) is 15.5. The maximum atomic E-state index is 11.8. The SMILES string of the molecule is Cn1nnc2cc(Oc3ccc(Nc4ncnc5cnc([S+](C)[O-])nc45)c(Cl)c3)ccc21. The Morgan fingerprint density at radius 2 is 1.88 bits per heavy atom. The van der Waals surface area contributed by atoms with Crippen molar-refractivity contribution < 1.29 is 9.29 Å². The molecule has 12 heteroatoms. The van der Waals surface area contributed by atoms with Crippen LogP contribution in [0, 0.1) is 0 Å². The molecule has 1 atom stereocenters. The van der Waals surface area contributed by atoms with Crippen molar-refractivity contribution in [3.63, 3.8) is 0 Å². The van der Waals surface area contributed by atoms with Gasteiger partial charge in [0, 0.05) is 30.4 Å². The molecule has 0 aliphatic carbocycles. The van der Waals surface area contributed by atoms with Crippen molar-refractivity contribution in [2.45, 2.75) is 5.16 Å². The number of hydrogen-bond acceptors (Lipinski definition) is 9. The Bertz CT molecular complexity index is 1460. The van der Waals surface area contributed by atoms with Gasteiger partial charge in [-0.3, -0.25) is 0 Å². The molecule has 5 aromatic rings. The maximum absolute atomic E-state index is 11.8. The van der Waals surface area contributed by atoms with Gasteiger partial charge in [0.05, 0.1) is 22.4 Å². The lowest BCUT2D eigenvalue weighted by Crippen LogP contribution is -2.06. The molecule has 5 rings (SSSR count). The average Bonchev–Trinajstić information content (AvgIpc) is 3.15. The zero-order valence-electron chi connectivity index (χ0n) is 16.9. The maximum Gasteiger partial charge on any atom is 0.343 e. The summed E-state index contributed by atoms with van der Waals surface area (Å²) in [5.41, 5.74) is 3.21. The molecule has 0 amide bonds. The molecule has 3 heterocycles. The summed E-state index contributed by atoms with van der Waals surface area (Å²) in [5.74, 6) is 1.60. The summed E-state index contributed by atoms with van der Waals surface area (Å²) in [6, 6.07) is 10.8. The Hall–Kier alpha value is -3.54. The highest BCUT2D eigenvalue weighted by atomic mass is 35.5. The molecule has 1 unspecified atom stereocenters. The molecule has 0 aliphatic heterocycles. The fourth-order valence-electron chi connectivity index (χ4n) is 3.08. The van der Waals surface area contributed by atoms with E-state index in [0.29, 0.717) is 39.1 Å². The summed E-state index contributed by atoms with van der Waals surface area (Å²) in [7, 11) is 1.83. The average molecular weight is 467 g/mol. The minimum absolute atomic E-state index is 0.199. The molecule has 0 radical (unpaired) electrons. The van der Waals surface area contributed by atoms with Crippen LogP contribution in [0.2, 0.25) is 5.02 Å². The van der Waals surface area contributed by atoms with Gasteiger partial charge in [-0.05, 0) is 24.3 Å². The monoisotopic (exact) mass is 466 g/mol. The van der Waals surface area contributed by atoms with Gasteiger partial charge >= 0.3 is 5.16 Å². The van der Waals surface area contributed by atoms with E-state index in [1.165, 1.54) is 18.8 Å². The summed E-state index contributed by atoms with van der Waals surface area (Å²) in [5, 5.41) is 11.9. The number of hydrogen-bond donors (Lipinski definition) is 1. The number of aryl methyl sites for hydroxylation is 1. The summed E-state index contributed by atoms with van der Waals surface area (Å²) in [4.78, 5) is 16.8. The lowest BCUT2D eigenvalue weighted by atomic mass is 10.2. The first-order valence-corrected chi connectivity index (χ1v) is 11.3. The molecule has 32 heavy (non-hydrogen) atoms. The van der Waals surface area contributed by atoms with Gasteiger partial charge in [-0.25, -0.2) is 14.6 Å². The van der Waals surface area contributed by atoms with Crippen molar-refractivity contribution in [1.82, 2.24) is 34.9 Å². The molecule has 0 saturated heterocycles. The van der Waals surface area contributed by atoms with E-state index in [9.17, 15) is 4.55 Å². The van der Waals surface area contributed by atoms with Gasteiger partial charge in [0.15, 0.2) is 5.82 Å². The molecule has 3 aromatic heterocycles. The number of benzene rings is 2. The summed E-state index contributed by atoms with van der Waals surface area (Å²) < 4.78 is 19.4. The third-order valence-corrected chi connectivity index (χ3v) is 5.65. The molecule has 0 fully saturated rings. The Balaban J connectivity index is 1.41. The Kier molecular flexibility index (Phi) is 5.21. The largest absolute Gasteiger partial charge is 0.609 e. The highest BCUT2D eigenvalue weighted by Gasteiger charge is 2.14. The van der Waals surface area contributed by atoms with Gasteiger partial charge < -0.3 is 14.6 Å². The summed E-state index contributed by atoms with van der Waals surface area (Å²) in [6.07, 6.45) is 4.42. The third kappa shape index (κ3) is 3.88. The Labute approximate surface area is 189 Å². The predicted octanol–water partition coefficient (Wildman–Crippen LogP) is 3.63. The molecule has 0 saturated carbocycles. The van der Waals surface area contributed by atoms with Crippen molar-refractivity contribution >= 4 is 56.3 Å². The van der Waals surface area contributed by atoms with Crippen LogP contribution in [0.25, 0.3) is 22.1 Å². The number of rotatable bonds is 5. The van der Waals surface area contributed by atoms with Crippen LogP contribution in [0.4, 0.5) is 11.5 Å². The quantitative estimate of drug-likeness (QED) is 0.305. The summed E-state index contributed by atoms with van der Waals surface area (Å²) >= 11 is 5.15. The van der Waals surface area contributed by atoms with E-state index in [-0.39, 0.29) is 5.16 Å². The lowest BCUT2D eigenvalue weighted by molar-refractivity contribution is 0.483. The zero-order chi connectivity index (χ0) is 22.2. The molecule has 2 aromatic carbocycles. The minimum atomic E-state index is -1.33. The van der Waals surface area contributed by atoms with Gasteiger partial charge in [0.25, 0.3) is 0 Å². The van der Waals surface area contributed by atoms with E-state index in [1.807, 2.05) is 25.2 Å². The molecule has 1 N–H and O–H groups in total. The number of aromatic nitrogens is 7. The van der Waals surface area contributed by atoms with Crippen LogP contribution < -0.4 is 10.1 Å². The van der Waals surface area contributed by atoms with Crippen LogP contribution >= 0.6 is 11.6 Å². The van der Waals surface area contributed by atoms with Gasteiger partial charge in [-0.1, -0.05) is 16.8 Å². The van der Waals surface area contributed by atoms with E-state index in [0.717, 1.165) is 11.0 Å². The predicted molar refractivity (Wildman–Crippen MR) is 121 cm³/mol. The smallest absolute Gasteiger partial charge is 0.343 e. The first kappa shape index (κ1) is 20.4. The Morgan fingerprint density at radius 1 is 1.06 bits per heavy atom. The van der Waals surface area contributed by atoms with Crippen LogP contribution in [-0.2, 0) is 18.2 Å². The van der Waals surface area contributed by atoms with E-state index in [2.05, 4.69) is 35.6 Å². The van der Waals surface area contributed by atoms with Crippen LogP contribution in [0.3, 0.4) is 0 Å². The van der Waals surface area contributed by atoms with E-state index in [1.54, 1.807) is 22.9 Å². The highest BCUT2D eigenvalue weighted by molar-refractivity contribution is 7.90. The van der Waals surface area contributed by atoms with Crippen molar-refractivity contribution in [3.8, 4) is 11.5 Å². The molecule has 0 bridgehead atoms. The van der Waals surface area contributed by atoms with Crippen molar-refractivity contribution in [1.29, 1.82) is 0 Å². The molecular weight excluding hydrogens is 452 g/mol. The zero-order valence-corrected chi connectivity index (χ0v) is 18.4. The van der Waals surface area contributed by atoms with Crippen LogP contribution in [0.15, 0.2) is 54.1 Å². The fraction of sp³-hybridized carbons (Fsp3) is 0.100. The normalized spacial score (nSPS) is 12.2. The molecule has 10 nitrogen and oxygen atoms in total. The van der Waals surface area contributed by atoms with Crippen LogP contribution in [0.5, 0.6) is 11.5 Å². The van der Waals surface area contributed by atoms with E-state index >= 15 is 0 Å². The van der Waals surface area contributed by atoms with Crippen molar-refractivity contribution in [3.05, 3.63) is 53.9 Å². The Morgan fingerprint density at radius 3 is 2.69 bits per heavy atom. The second-order valence-electron chi connectivity index (χ2n) is 6.80. The number of nitrogens with zero attached hydrogens (tertiary/aromatic N) is 7. The topological polar surface area (TPSA) is 127 Å². The molecule has 0 aliphatic rings. The first-order valence-electron chi connectivity index (χ1n) is 9.33. The van der Waals surface area contributed by atoms with E-state index < -0.39 is 11.2 Å². The van der Waals surface area contributed by atoms with E-state index in [4.69, 9.17) is 16.3 Å². The molecular formula is C20H15ClN8O2S. The van der Waals surface area contributed by atoms with Crippen LogP contribution in [-0.4, -0.2) is 45.7 Å². The second-order valence-corrected chi connectivity index (χ2v) is 8.48. The minimum Gasteiger partial charge on any atom is -0.609 e. The van der Waals surface area contributed by atoms with Gasteiger partial charge in [0.2, 0.25) is 0 Å². The van der Waals surface area contributed by atoms with Crippen molar-refractivity contribution in [2.24, 2.45) is 7.05 Å². The highest BCUT2D eigenvalue weighted by Crippen LogP contribution is 2.33. The standard InChI is InChI=1S/C20H15ClN8O2S/c1-29-17-6-4-12(8-15(17)27-28-29)31-11-3-5-14(13(21)7-11)25-19-18-16(23-10-24-19)9-22-20(26-18)32(2)30/h3-10H,1-2H3,(H,23,24,25). The third-order valence-electron chi connectivity index (χ3n) is 4.62. The van der Waals surface area contributed by atoms with Gasteiger partial charge in [-0.2, -0.15) is 9.97 Å². The molecule has 160 valence electrons. The number of nitrogens with one attached hydrogen (secondary N) is 1. The number of ether oxygens (including phenoxy) is 1. The van der Waals surface area contributed by atoms with Gasteiger partial charge in [0.1, 0.15) is 40.6 Å². The second kappa shape index (κ2) is 8.19. The number of anilines is 2. The van der Waals surface area contributed by atoms with Crippen LogP contribution in [0.1, 0.15) is 0 Å². The van der Waals surface area contributed by atoms with Crippen molar-refractivity contribution in [2.75, 3.05) is 11.6 Å². The molecule has 0 spiro atoms. The number of halogens is 1. The lowest BCUT2D eigenvalue weighted by Gasteiger charge is -2.12. The number of fused-ring (bicyclic) bond motifs is 2. The van der Waals surface area contributed by atoms with Gasteiger partial charge in [-0.15, -0.1) is 5.10 Å². The fourth-order valence-corrected chi connectivity index (χ4v) is 3.71.